The van der Waals surface area contributed by atoms with Crippen molar-refractivity contribution in [3.05, 3.63) is 66.5 Å². The number of aromatic nitrogens is 2. The Bertz CT molecular complexity index is 1030. The molecule has 7 nitrogen and oxygen atoms in total. The van der Waals surface area contributed by atoms with Crippen LogP contribution in [-0.2, 0) is 23.6 Å². The number of sulfonamides is 1. The van der Waals surface area contributed by atoms with Crippen molar-refractivity contribution in [1.82, 2.24) is 14.1 Å². The molecule has 0 atom stereocenters. The van der Waals surface area contributed by atoms with Crippen molar-refractivity contribution < 1.29 is 17.9 Å². The molecule has 0 aliphatic rings. The van der Waals surface area contributed by atoms with E-state index in [1.54, 1.807) is 42.2 Å². The second-order valence-electron chi connectivity index (χ2n) is 6.43. The lowest BCUT2D eigenvalue weighted by Crippen LogP contribution is -2.30. The minimum absolute atomic E-state index is 0.224. The highest BCUT2D eigenvalue weighted by Crippen LogP contribution is 2.26. The van der Waals surface area contributed by atoms with E-state index in [9.17, 15) is 8.42 Å². The number of rotatable bonds is 9. The fraction of sp³-hybridized carbons (Fsp3) is 0.286. The molecular weight excluding hydrogens is 390 g/mol. The first-order chi connectivity index (χ1) is 13.9. The second kappa shape index (κ2) is 9.11. The number of ether oxygens (including phenoxy) is 2. The van der Waals surface area contributed by atoms with Crippen LogP contribution in [0.1, 0.15) is 19.4 Å². The van der Waals surface area contributed by atoms with E-state index in [0.29, 0.717) is 24.7 Å². The Labute approximate surface area is 171 Å². The van der Waals surface area contributed by atoms with Crippen LogP contribution >= 0.6 is 0 Å². The molecule has 0 fully saturated rings. The molecule has 0 aliphatic heterocycles. The maximum absolute atomic E-state index is 13.0. The maximum atomic E-state index is 13.0. The van der Waals surface area contributed by atoms with Gasteiger partial charge in [0.25, 0.3) is 0 Å². The molecular formula is C21H25N3O4S. The third-order valence-corrected chi connectivity index (χ3v) is 6.24. The van der Waals surface area contributed by atoms with E-state index in [2.05, 4.69) is 5.10 Å². The van der Waals surface area contributed by atoms with Crippen LogP contribution in [0.25, 0.3) is 0 Å². The molecule has 1 heterocycles. The lowest BCUT2D eigenvalue weighted by molar-refractivity contribution is 0.339. The molecule has 1 aromatic heterocycles. The van der Waals surface area contributed by atoms with Crippen LogP contribution in [0.15, 0.2) is 65.8 Å². The van der Waals surface area contributed by atoms with Crippen LogP contribution in [0, 0.1) is 0 Å². The van der Waals surface area contributed by atoms with Gasteiger partial charge in [-0.1, -0.05) is 6.92 Å². The van der Waals surface area contributed by atoms with Crippen molar-refractivity contribution in [2.45, 2.75) is 25.3 Å². The standard InChI is InChI=1S/C21H25N3O4S/c1-4-24(16-17-14-22-23(3)15-17)29(25,26)21-12-10-20(11-13-21)28-19-8-6-18(7-9-19)27-5-2/h6-15H,4-5,16H2,1-3H3. The molecule has 0 saturated heterocycles. The molecule has 154 valence electrons. The number of benzene rings is 2. The lowest BCUT2D eigenvalue weighted by atomic mass is 10.3. The Morgan fingerprint density at radius 2 is 1.55 bits per heavy atom. The first kappa shape index (κ1) is 20.9. The number of nitrogens with zero attached hydrogens (tertiary/aromatic N) is 3. The van der Waals surface area contributed by atoms with Gasteiger partial charge in [0.15, 0.2) is 0 Å². The molecule has 0 radical (unpaired) electrons. The minimum atomic E-state index is -3.62. The van der Waals surface area contributed by atoms with Crippen molar-refractivity contribution in [3.8, 4) is 17.2 Å². The quantitative estimate of drug-likeness (QED) is 0.531. The first-order valence-electron chi connectivity index (χ1n) is 9.40. The van der Waals surface area contributed by atoms with Gasteiger partial charge in [0.1, 0.15) is 17.2 Å². The highest BCUT2D eigenvalue weighted by atomic mass is 32.2. The van der Waals surface area contributed by atoms with Crippen LogP contribution in [0.5, 0.6) is 17.2 Å². The van der Waals surface area contributed by atoms with E-state index in [-0.39, 0.29) is 11.4 Å². The monoisotopic (exact) mass is 415 g/mol. The number of aryl methyl sites for hydroxylation is 1. The van der Waals surface area contributed by atoms with Gasteiger partial charge in [-0.05, 0) is 55.5 Å². The van der Waals surface area contributed by atoms with Gasteiger partial charge in [-0.3, -0.25) is 4.68 Å². The summed E-state index contributed by atoms with van der Waals surface area (Å²) in [7, 11) is -1.81. The average molecular weight is 416 g/mol. The van der Waals surface area contributed by atoms with E-state index < -0.39 is 10.0 Å². The molecule has 0 amide bonds. The van der Waals surface area contributed by atoms with Gasteiger partial charge in [0.2, 0.25) is 10.0 Å². The Balaban J connectivity index is 1.71. The predicted molar refractivity (Wildman–Crippen MR) is 111 cm³/mol. The van der Waals surface area contributed by atoms with Gasteiger partial charge >= 0.3 is 0 Å². The van der Waals surface area contributed by atoms with E-state index in [1.807, 2.05) is 44.3 Å². The van der Waals surface area contributed by atoms with Gasteiger partial charge in [0.05, 0.1) is 17.7 Å². The van der Waals surface area contributed by atoms with E-state index >= 15 is 0 Å². The topological polar surface area (TPSA) is 73.7 Å². The van der Waals surface area contributed by atoms with Gasteiger partial charge < -0.3 is 9.47 Å². The number of hydrogen-bond acceptors (Lipinski definition) is 5. The molecule has 29 heavy (non-hydrogen) atoms. The van der Waals surface area contributed by atoms with Crippen molar-refractivity contribution >= 4 is 10.0 Å². The van der Waals surface area contributed by atoms with Gasteiger partial charge in [-0.2, -0.15) is 9.40 Å². The molecule has 8 heteroatoms. The number of hydrogen-bond donors (Lipinski definition) is 0. The Kier molecular flexibility index (Phi) is 6.56. The zero-order valence-electron chi connectivity index (χ0n) is 16.8. The zero-order chi connectivity index (χ0) is 20.9. The van der Waals surface area contributed by atoms with Gasteiger partial charge in [-0.25, -0.2) is 8.42 Å². The van der Waals surface area contributed by atoms with Gasteiger partial charge in [0, 0.05) is 31.9 Å². The average Bonchev–Trinajstić information content (AvgIpc) is 3.13. The molecule has 3 aromatic rings. The smallest absolute Gasteiger partial charge is 0.243 e. The Hall–Kier alpha value is -2.84. The molecule has 0 N–H and O–H groups in total. The maximum Gasteiger partial charge on any atom is 0.243 e. The van der Waals surface area contributed by atoms with E-state index in [0.717, 1.165) is 11.3 Å². The van der Waals surface area contributed by atoms with Crippen molar-refractivity contribution in [2.24, 2.45) is 7.05 Å². The SMILES string of the molecule is CCOc1ccc(Oc2ccc(S(=O)(=O)N(CC)Cc3cnn(C)c3)cc2)cc1. The minimum Gasteiger partial charge on any atom is -0.494 e. The summed E-state index contributed by atoms with van der Waals surface area (Å²) in [6.45, 7) is 4.98. The van der Waals surface area contributed by atoms with Crippen molar-refractivity contribution in [3.63, 3.8) is 0 Å². The summed E-state index contributed by atoms with van der Waals surface area (Å²) in [6.07, 6.45) is 3.48. The Morgan fingerprint density at radius 1 is 0.966 bits per heavy atom. The van der Waals surface area contributed by atoms with E-state index in [4.69, 9.17) is 9.47 Å². The first-order valence-corrected chi connectivity index (χ1v) is 10.8. The van der Waals surface area contributed by atoms with Crippen LogP contribution in [0.4, 0.5) is 0 Å². The highest BCUT2D eigenvalue weighted by molar-refractivity contribution is 7.89. The molecule has 3 rings (SSSR count). The van der Waals surface area contributed by atoms with Crippen LogP contribution < -0.4 is 9.47 Å². The van der Waals surface area contributed by atoms with Crippen LogP contribution in [0.2, 0.25) is 0 Å². The predicted octanol–water partition coefficient (Wildman–Crippen LogP) is 3.82. The van der Waals surface area contributed by atoms with Gasteiger partial charge in [-0.15, -0.1) is 0 Å². The van der Waals surface area contributed by atoms with Crippen LogP contribution in [0.3, 0.4) is 0 Å². The molecule has 0 unspecified atom stereocenters. The summed E-state index contributed by atoms with van der Waals surface area (Å²) >= 11 is 0. The highest BCUT2D eigenvalue weighted by Gasteiger charge is 2.23. The van der Waals surface area contributed by atoms with Crippen molar-refractivity contribution in [1.29, 1.82) is 0 Å². The second-order valence-corrected chi connectivity index (χ2v) is 8.37. The third kappa shape index (κ3) is 5.16. The molecule has 0 aliphatic carbocycles. The Morgan fingerprint density at radius 3 is 2.07 bits per heavy atom. The molecule has 0 bridgehead atoms. The fourth-order valence-corrected chi connectivity index (χ4v) is 4.30. The molecule has 0 saturated carbocycles. The summed E-state index contributed by atoms with van der Waals surface area (Å²) in [6, 6.07) is 13.7. The summed E-state index contributed by atoms with van der Waals surface area (Å²) in [4.78, 5) is 0.224. The lowest BCUT2D eigenvalue weighted by Gasteiger charge is -2.20. The summed E-state index contributed by atoms with van der Waals surface area (Å²) in [5.41, 5.74) is 0.841. The van der Waals surface area contributed by atoms with Crippen LogP contribution in [-0.4, -0.2) is 35.7 Å². The zero-order valence-corrected chi connectivity index (χ0v) is 17.6. The third-order valence-electron chi connectivity index (χ3n) is 4.30. The molecule has 2 aromatic carbocycles. The van der Waals surface area contributed by atoms with E-state index in [1.165, 1.54) is 4.31 Å². The normalized spacial score (nSPS) is 11.6. The summed E-state index contributed by atoms with van der Waals surface area (Å²) in [5, 5.41) is 4.10. The summed E-state index contributed by atoms with van der Waals surface area (Å²) < 4.78 is 40.3. The van der Waals surface area contributed by atoms with Crippen molar-refractivity contribution in [2.75, 3.05) is 13.2 Å². The summed E-state index contributed by atoms with van der Waals surface area (Å²) in [5.74, 6) is 1.98. The largest absolute Gasteiger partial charge is 0.494 e. The molecule has 0 spiro atoms. The fourth-order valence-electron chi connectivity index (χ4n) is 2.86.